The summed E-state index contributed by atoms with van der Waals surface area (Å²) in [6.45, 7) is 0. The quantitative estimate of drug-likeness (QED) is 0.564. The van der Waals surface area contributed by atoms with Crippen molar-refractivity contribution in [1.29, 1.82) is 0 Å². The van der Waals surface area contributed by atoms with Gasteiger partial charge in [0, 0.05) is 24.6 Å². The topological polar surface area (TPSA) is 106 Å². The van der Waals surface area contributed by atoms with Gasteiger partial charge in [0.05, 0.1) is 10.4 Å². The summed E-state index contributed by atoms with van der Waals surface area (Å²) >= 11 is 0. The number of aryl methyl sites for hydroxylation is 1. The first-order chi connectivity index (χ1) is 7.93. The summed E-state index contributed by atoms with van der Waals surface area (Å²) < 4.78 is 1.04. The van der Waals surface area contributed by atoms with Gasteiger partial charge in [-0.05, 0) is 6.07 Å². The molecular formula is C10H8N2O5. The first kappa shape index (κ1) is 10.9. The molecule has 7 nitrogen and oxygen atoms in total. The molecule has 0 amide bonds. The molecule has 1 aromatic heterocycles. The van der Waals surface area contributed by atoms with Crippen LogP contribution in [-0.2, 0) is 7.05 Å². The average molecular weight is 236 g/mol. The fourth-order valence-corrected chi connectivity index (χ4v) is 1.61. The van der Waals surface area contributed by atoms with Gasteiger partial charge < -0.3 is 14.8 Å². The molecule has 0 atom stereocenters. The fourth-order valence-electron chi connectivity index (χ4n) is 1.61. The first-order valence-corrected chi connectivity index (χ1v) is 4.62. The standard InChI is InChI=1S/C10H8N2O5/c1-11-7-4-5(12(16)17)2-3-6(7)8(13)9(14)10(11)15/h2-4,13-14H,1H3. The van der Waals surface area contributed by atoms with E-state index in [-0.39, 0.29) is 16.6 Å². The smallest absolute Gasteiger partial charge is 0.296 e. The first-order valence-electron chi connectivity index (χ1n) is 4.62. The van der Waals surface area contributed by atoms with Gasteiger partial charge in [-0.1, -0.05) is 0 Å². The van der Waals surface area contributed by atoms with Gasteiger partial charge in [0.2, 0.25) is 5.75 Å². The molecule has 0 radical (unpaired) electrons. The fraction of sp³-hybridized carbons (Fsp3) is 0.100. The predicted octanol–water partition coefficient (Wildman–Crippen LogP) is 0.858. The summed E-state index contributed by atoms with van der Waals surface area (Å²) in [5, 5.41) is 29.7. The van der Waals surface area contributed by atoms with Crippen LogP contribution in [-0.4, -0.2) is 19.7 Å². The lowest BCUT2D eigenvalue weighted by atomic mass is 10.1. The van der Waals surface area contributed by atoms with Gasteiger partial charge in [-0.3, -0.25) is 14.9 Å². The van der Waals surface area contributed by atoms with E-state index >= 15 is 0 Å². The third-order valence-electron chi connectivity index (χ3n) is 2.54. The van der Waals surface area contributed by atoms with Crippen LogP contribution in [0, 0.1) is 10.1 Å². The number of aromatic hydroxyl groups is 2. The predicted molar refractivity (Wildman–Crippen MR) is 59.2 cm³/mol. The highest BCUT2D eigenvalue weighted by Crippen LogP contribution is 2.31. The van der Waals surface area contributed by atoms with Crippen LogP contribution in [0.2, 0.25) is 0 Å². The van der Waals surface area contributed by atoms with Crippen molar-refractivity contribution in [3.05, 3.63) is 38.7 Å². The second kappa shape index (κ2) is 3.48. The Balaban J connectivity index is 2.97. The number of hydrogen-bond acceptors (Lipinski definition) is 5. The van der Waals surface area contributed by atoms with Crippen molar-refractivity contribution in [2.75, 3.05) is 0 Å². The second-order valence-corrected chi connectivity index (χ2v) is 3.52. The molecule has 88 valence electrons. The minimum atomic E-state index is -0.810. The van der Waals surface area contributed by atoms with Crippen molar-refractivity contribution in [2.24, 2.45) is 7.05 Å². The van der Waals surface area contributed by atoms with E-state index in [1.54, 1.807) is 0 Å². The van der Waals surface area contributed by atoms with Crippen molar-refractivity contribution < 1.29 is 15.1 Å². The van der Waals surface area contributed by atoms with Crippen LogP contribution in [0.25, 0.3) is 10.9 Å². The normalized spacial score (nSPS) is 10.6. The SMILES string of the molecule is Cn1c(=O)c(O)c(O)c2ccc([N+](=O)[O-])cc21. The summed E-state index contributed by atoms with van der Waals surface area (Å²) in [4.78, 5) is 21.5. The Morgan fingerprint density at radius 2 is 1.94 bits per heavy atom. The van der Waals surface area contributed by atoms with Gasteiger partial charge in [0.25, 0.3) is 11.2 Å². The molecule has 0 spiro atoms. The van der Waals surface area contributed by atoms with Gasteiger partial charge in [-0.25, -0.2) is 0 Å². The lowest BCUT2D eigenvalue weighted by Crippen LogP contribution is -2.16. The van der Waals surface area contributed by atoms with E-state index in [2.05, 4.69) is 0 Å². The zero-order chi connectivity index (χ0) is 12.7. The van der Waals surface area contributed by atoms with Gasteiger partial charge in [0.1, 0.15) is 0 Å². The van der Waals surface area contributed by atoms with Crippen LogP contribution >= 0.6 is 0 Å². The molecule has 0 aliphatic rings. The largest absolute Gasteiger partial charge is 0.504 e. The summed E-state index contributed by atoms with van der Waals surface area (Å²) in [5.41, 5.74) is -0.826. The van der Waals surface area contributed by atoms with E-state index in [1.165, 1.54) is 19.2 Å². The Morgan fingerprint density at radius 1 is 1.29 bits per heavy atom. The highest BCUT2D eigenvalue weighted by Gasteiger charge is 2.16. The van der Waals surface area contributed by atoms with Crippen LogP contribution in [0.1, 0.15) is 0 Å². The van der Waals surface area contributed by atoms with Crippen molar-refractivity contribution >= 4 is 16.6 Å². The molecule has 2 rings (SSSR count). The number of hydrogen-bond donors (Lipinski definition) is 2. The maximum atomic E-state index is 11.5. The minimum absolute atomic E-state index is 0.176. The Morgan fingerprint density at radius 3 is 2.53 bits per heavy atom. The molecule has 0 bridgehead atoms. The Bertz CT molecular complexity index is 689. The number of rotatable bonds is 1. The number of fused-ring (bicyclic) bond motifs is 1. The van der Waals surface area contributed by atoms with Crippen molar-refractivity contribution in [3.63, 3.8) is 0 Å². The van der Waals surface area contributed by atoms with Crippen molar-refractivity contribution in [3.8, 4) is 11.5 Å². The summed E-state index contributed by atoms with van der Waals surface area (Å²) in [7, 11) is 1.35. The van der Waals surface area contributed by atoms with E-state index in [0.717, 1.165) is 10.6 Å². The van der Waals surface area contributed by atoms with E-state index in [1.807, 2.05) is 0 Å². The highest BCUT2D eigenvalue weighted by molar-refractivity contribution is 5.88. The zero-order valence-corrected chi connectivity index (χ0v) is 8.75. The number of nitro benzene ring substituents is 1. The van der Waals surface area contributed by atoms with Crippen LogP contribution in [0.3, 0.4) is 0 Å². The number of nitro groups is 1. The maximum Gasteiger partial charge on any atom is 0.296 e. The lowest BCUT2D eigenvalue weighted by molar-refractivity contribution is -0.384. The summed E-state index contributed by atoms with van der Waals surface area (Å²) in [5.74, 6) is -1.34. The Labute approximate surface area is 94.3 Å². The van der Waals surface area contributed by atoms with Crippen LogP contribution in [0.5, 0.6) is 11.5 Å². The van der Waals surface area contributed by atoms with E-state index in [0.29, 0.717) is 0 Å². The van der Waals surface area contributed by atoms with E-state index < -0.39 is 22.0 Å². The zero-order valence-electron chi connectivity index (χ0n) is 8.75. The molecule has 0 aliphatic carbocycles. The number of pyridine rings is 1. The number of nitrogens with zero attached hydrogens (tertiary/aromatic N) is 2. The third-order valence-corrected chi connectivity index (χ3v) is 2.54. The molecule has 0 saturated heterocycles. The average Bonchev–Trinajstić information content (AvgIpc) is 2.32. The van der Waals surface area contributed by atoms with Crippen molar-refractivity contribution in [1.82, 2.24) is 4.57 Å². The molecule has 17 heavy (non-hydrogen) atoms. The maximum absolute atomic E-state index is 11.5. The molecule has 0 unspecified atom stereocenters. The Hall–Kier alpha value is -2.57. The van der Waals surface area contributed by atoms with Gasteiger partial charge >= 0.3 is 0 Å². The van der Waals surface area contributed by atoms with Gasteiger partial charge in [0.15, 0.2) is 5.75 Å². The van der Waals surface area contributed by atoms with Gasteiger partial charge in [-0.2, -0.15) is 0 Å². The number of benzene rings is 1. The van der Waals surface area contributed by atoms with Crippen LogP contribution in [0.15, 0.2) is 23.0 Å². The van der Waals surface area contributed by atoms with Gasteiger partial charge in [-0.15, -0.1) is 0 Å². The summed E-state index contributed by atoms with van der Waals surface area (Å²) in [6, 6.07) is 3.63. The third kappa shape index (κ3) is 1.48. The molecule has 0 aliphatic heterocycles. The molecule has 2 aromatic rings. The van der Waals surface area contributed by atoms with Crippen molar-refractivity contribution in [2.45, 2.75) is 0 Å². The van der Waals surface area contributed by atoms with Crippen LogP contribution in [0.4, 0.5) is 5.69 Å². The Kier molecular flexibility index (Phi) is 2.24. The molecular weight excluding hydrogens is 228 g/mol. The van der Waals surface area contributed by atoms with E-state index in [9.17, 15) is 25.1 Å². The molecule has 0 saturated carbocycles. The molecule has 1 aromatic carbocycles. The number of aromatic nitrogens is 1. The molecule has 1 heterocycles. The summed E-state index contributed by atoms with van der Waals surface area (Å²) in [6.07, 6.45) is 0. The second-order valence-electron chi connectivity index (χ2n) is 3.52. The molecule has 2 N–H and O–H groups in total. The minimum Gasteiger partial charge on any atom is -0.504 e. The lowest BCUT2D eigenvalue weighted by Gasteiger charge is -2.07. The van der Waals surface area contributed by atoms with Crippen LogP contribution < -0.4 is 5.56 Å². The molecule has 7 heteroatoms. The molecule has 0 fully saturated rings. The highest BCUT2D eigenvalue weighted by atomic mass is 16.6. The van der Waals surface area contributed by atoms with E-state index in [4.69, 9.17) is 0 Å². The number of non-ortho nitro benzene ring substituents is 1. The monoisotopic (exact) mass is 236 g/mol.